The minimum atomic E-state index is -6.00. The summed E-state index contributed by atoms with van der Waals surface area (Å²) in [4.78, 5) is 4.85. The van der Waals surface area contributed by atoms with Crippen molar-refractivity contribution in [3.05, 3.63) is 12.4 Å². The highest BCUT2D eigenvalue weighted by Crippen LogP contribution is 2.06. The Morgan fingerprint density at radius 3 is 1.92 bits per heavy atom. The predicted molar refractivity (Wildman–Crippen MR) is 37.8 cm³/mol. The molecule has 3 N–H and O–H groups in total. The van der Waals surface area contributed by atoms with E-state index in [-0.39, 0.29) is 0 Å². The summed E-state index contributed by atoms with van der Waals surface area (Å²) in [5, 5.41) is 0. The summed E-state index contributed by atoms with van der Waals surface area (Å²) >= 11 is 0. The number of aliphatic imine (C=N–C) groups is 1. The van der Waals surface area contributed by atoms with Gasteiger partial charge in [0.25, 0.3) is 0 Å². The third-order valence-electron chi connectivity index (χ3n) is 0.942. The van der Waals surface area contributed by atoms with Crippen molar-refractivity contribution in [2.75, 3.05) is 7.05 Å². The lowest BCUT2D eigenvalue weighted by atomic mass is 10.3. The highest BCUT2D eigenvalue weighted by atomic mass is 19.5. The summed E-state index contributed by atoms with van der Waals surface area (Å²) in [6.07, 6.45) is 3.58. The fraction of sp³-hybridized carbons (Fsp3) is 0.250. The fourth-order valence-electron chi connectivity index (χ4n) is 0.417. The normalized spacial score (nSPS) is 21.4. The molecule has 1 atom stereocenters. The Balaban J connectivity index is 0.000000217. The smallest absolute Gasteiger partial charge is 0.418 e. The number of hydrogen-bond donors (Lipinski definition) is 2. The molecule has 0 aliphatic carbocycles. The van der Waals surface area contributed by atoms with Gasteiger partial charge in [-0.3, -0.25) is 0 Å². The van der Waals surface area contributed by atoms with Crippen LogP contribution in [0.2, 0.25) is 0 Å². The van der Waals surface area contributed by atoms with Gasteiger partial charge in [-0.2, -0.15) is 4.99 Å². The monoisotopic (exact) mass is 185 g/mol. The molecule has 0 amide bonds. The molecule has 1 aliphatic heterocycles. The molecule has 0 aromatic carbocycles. The van der Waals surface area contributed by atoms with Crippen molar-refractivity contribution in [2.24, 2.45) is 10.7 Å². The standard InChI is InChI=1S/C4H7N3.BF4/c1-7-3-2-6-4(7)5;2-1(3,4)5/h2-3H,1H3,(H2,5,6);/q;-1/p+1. The summed E-state index contributed by atoms with van der Waals surface area (Å²) in [5.41, 5.74) is 5.33. The molecule has 0 bridgehead atoms. The quantitative estimate of drug-likeness (QED) is 0.391. The van der Waals surface area contributed by atoms with Crippen molar-refractivity contribution >= 4 is 13.2 Å². The lowest BCUT2D eigenvalue weighted by Gasteiger charge is -1.96. The molecule has 0 spiro atoms. The Morgan fingerprint density at radius 1 is 1.42 bits per heavy atom. The zero-order valence-electron chi connectivity index (χ0n) is 6.27. The topological polar surface area (TPSA) is 42.8 Å². The maximum atomic E-state index is 9.75. The zero-order valence-corrected chi connectivity index (χ0v) is 6.27. The maximum Gasteiger partial charge on any atom is 0.673 e. The van der Waals surface area contributed by atoms with E-state index in [4.69, 9.17) is 5.73 Å². The number of guanidine groups is 1. The second-order valence-electron chi connectivity index (χ2n) is 2.01. The molecule has 0 fully saturated rings. The molecule has 0 saturated heterocycles. The van der Waals surface area contributed by atoms with E-state index in [1.165, 1.54) is 0 Å². The van der Waals surface area contributed by atoms with Gasteiger partial charge in [0.2, 0.25) is 0 Å². The summed E-state index contributed by atoms with van der Waals surface area (Å²) in [6, 6.07) is 0. The number of rotatable bonds is 0. The van der Waals surface area contributed by atoms with Crippen molar-refractivity contribution in [1.29, 1.82) is 0 Å². The van der Waals surface area contributed by atoms with Crippen LogP contribution in [0.25, 0.3) is 0 Å². The second kappa shape index (κ2) is 4.10. The van der Waals surface area contributed by atoms with Crippen LogP contribution in [0.15, 0.2) is 17.4 Å². The molecule has 3 nitrogen and oxygen atoms in total. The number of hydrogen-bond acceptors (Lipinski definition) is 2. The highest BCUT2D eigenvalue weighted by molar-refractivity contribution is 6.50. The van der Waals surface area contributed by atoms with Gasteiger partial charge in [0.15, 0.2) is 0 Å². The molecule has 8 heteroatoms. The van der Waals surface area contributed by atoms with E-state index >= 15 is 0 Å². The van der Waals surface area contributed by atoms with Crippen LogP contribution in [0.3, 0.4) is 0 Å². The van der Waals surface area contributed by atoms with E-state index in [1.807, 2.05) is 13.2 Å². The molecule has 1 aliphatic rings. The number of quaternary nitrogens is 1. The van der Waals surface area contributed by atoms with Crippen molar-refractivity contribution in [1.82, 2.24) is 0 Å². The molecule has 12 heavy (non-hydrogen) atoms. The Bertz CT molecular complexity index is 193. The molecule has 70 valence electrons. The van der Waals surface area contributed by atoms with Gasteiger partial charge in [-0.1, -0.05) is 0 Å². The van der Waals surface area contributed by atoms with E-state index in [0.717, 1.165) is 4.90 Å². The molecule has 1 unspecified atom stereocenters. The van der Waals surface area contributed by atoms with Gasteiger partial charge in [0.05, 0.1) is 13.2 Å². The van der Waals surface area contributed by atoms with Crippen LogP contribution >= 0.6 is 0 Å². The van der Waals surface area contributed by atoms with Gasteiger partial charge in [-0.15, -0.1) is 0 Å². The van der Waals surface area contributed by atoms with Crippen LogP contribution < -0.4 is 10.6 Å². The number of nitrogens with zero attached hydrogens (tertiary/aromatic N) is 1. The number of nitrogens with one attached hydrogen (secondary N) is 1. The Labute approximate surface area is 66.7 Å². The molecule has 0 radical (unpaired) electrons. The van der Waals surface area contributed by atoms with Gasteiger partial charge in [0, 0.05) is 0 Å². The first-order chi connectivity index (χ1) is 5.30. The van der Waals surface area contributed by atoms with Crippen LogP contribution in [-0.4, -0.2) is 20.3 Å². The lowest BCUT2D eigenvalue weighted by molar-refractivity contribution is -0.719. The molecule has 0 aromatic heterocycles. The number of halogens is 4. The van der Waals surface area contributed by atoms with Crippen LogP contribution in [0.5, 0.6) is 0 Å². The largest absolute Gasteiger partial charge is 0.673 e. The number of nitrogens with two attached hydrogens (primary N) is 1. The van der Waals surface area contributed by atoms with Gasteiger partial charge in [-0.25, -0.2) is 4.90 Å². The minimum Gasteiger partial charge on any atom is -0.418 e. The Kier molecular flexibility index (Phi) is 3.74. The summed E-state index contributed by atoms with van der Waals surface area (Å²) < 4.78 is 39.0. The van der Waals surface area contributed by atoms with Crippen LogP contribution in [0.1, 0.15) is 0 Å². The summed E-state index contributed by atoms with van der Waals surface area (Å²) in [5.74, 6) is 0.639. The highest BCUT2D eigenvalue weighted by Gasteiger charge is 2.20. The van der Waals surface area contributed by atoms with Gasteiger partial charge in [0.1, 0.15) is 6.20 Å². The molecule has 0 aromatic rings. The average molecular weight is 185 g/mol. The summed E-state index contributed by atoms with van der Waals surface area (Å²) in [6.45, 7) is 0. The Hall–Kier alpha value is -1.05. The molecule has 0 saturated carbocycles. The lowest BCUT2D eigenvalue weighted by Crippen LogP contribution is -3.08. The molecule has 1 heterocycles. The molecular formula is C4H8BF4N3. The van der Waals surface area contributed by atoms with Crippen LogP contribution in [-0.2, 0) is 0 Å². The molecule has 1 rings (SSSR count). The van der Waals surface area contributed by atoms with Crippen LogP contribution in [0.4, 0.5) is 17.3 Å². The van der Waals surface area contributed by atoms with Crippen molar-refractivity contribution in [3.8, 4) is 0 Å². The molecular weight excluding hydrogens is 177 g/mol. The Morgan fingerprint density at radius 2 is 1.83 bits per heavy atom. The SMILES string of the molecule is C[NH+]1C=CN=C1N.F[B-](F)(F)F. The van der Waals surface area contributed by atoms with Crippen molar-refractivity contribution in [2.45, 2.75) is 0 Å². The minimum absolute atomic E-state index is 0.639. The van der Waals surface area contributed by atoms with Gasteiger partial charge < -0.3 is 23.0 Å². The second-order valence-corrected chi connectivity index (χ2v) is 2.01. The van der Waals surface area contributed by atoms with Crippen LogP contribution in [0, 0.1) is 0 Å². The van der Waals surface area contributed by atoms with Crippen molar-refractivity contribution in [3.63, 3.8) is 0 Å². The van der Waals surface area contributed by atoms with Gasteiger partial charge in [-0.05, 0) is 0 Å². The van der Waals surface area contributed by atoms with E-state index in [2.05, 4.69) is 4.99 Å². The maximum absolute atomic E-state index is 9.75. The van der Waals surface area contributed by atoms with E-state index in [9.17, 15) is 17.3 Å². The van der Waals surface area contributed by atoms with Crippen molar-refractivity contribution < 1.29 is 22.2 Å². The van der Waals surface area contributed by atoms with Gasteiger partial charge >= 0.3 is 13.2 Å². The van der Waals surface area contributed by atoms with E-state index in [1.54, 1.807) is 6.20 Å². The third kappa shape index (κ3) is 7.07. The summed E-state index contributed by atoms with van der Waals surface area (Å²) in [7, 11) is -4.07. The zero-order chi connectivity index (χ0) is 9.78. The van der Waals surface area contributed by atoms with E-state index in [0.29, 0.717) is 5.96 Å². The third-order valence-corrected chi connectivity index (χ3v) is 0.942. The fourth-order valence-corrected chi connectivity index (χ4v) is 0.417. The predicted octanol–water partition coefficient (Wildman–Crippen LogP) is -0.399. The first kappa shape index (κ1) is 11.0. The van der Waals surface area contributed by atoms with E-state index < -0.39 is 7.25 Å². The first-order valence-electron chi connectivity index (χ1n) is 3.02. The first-order valence-corrected chi connectivity index (χ1v) is 3.02. The average Bonchev–Trinajstić information content (AvgIpc) is 2.12.